The molecule has 0 bridgehead atoms. The van der Waals surface area contributed by atoms with Gasteiger partial charge < -0.3 is 23.8 Å². The van der Waals surface area contributed by atoms with E-state index in [1.165, 1.54) is 6.20 Å². The molecule has 6 rings (SSSR count). The van der Waals surface area contributed by atoms with Crippen LogP contribution < -0.4 is 25.5 Å². The molecule has 11 heteroatoms. The summed E-state index contributed by atoms with van der Waals surface area (Å²) in [5.41, 5.74) is -0.164. The van der Waals surface area contributed by atoms with Gasteiger partial charge in [0.1, 0.15) is 16.9 Å². The quantitative estimate of drug-likeness (QED) is 0.354. The summed E-state index contributed by atoms with van der Waals surface area (Å²) in [7, 11) is 1.55. The number of rotatable bonds is 3. The van der Waals surface area contributed by atoms with E-state index < -0.39 is 16.9 Å². The molecular formula is C29H30N4O7. The monoisotopic (exact) mass is 546 g/mol. The molecule has 1 fully saturated rings. The van der Waals surface area contributed by atoms with Gasteiger partial charge in [0.25, 0.3) is 5.56 Å². The highest BCUT2D eigenvalue weighted by Crippen LogP contribution is 2.35. The van der Waals surface area contributed by atoms with Crippen LogP contribution in [0.25, 0.3) is 27.5 Å². The number of amides is 1. The number of benzene rings is 2. The molecule has 0 aliphatic carbocycles. The second-order valence-electron chi connectivity index (χ2n) is 10.9. The number of carbonyl (C=O) groups is 1. The molecule has 0 unspecified atom stereocenters. The molecule has 208 valence electrons. The van der Waals surface area contributed by atoms with Crippen molar-refractivity contribution in [1.82, 2.24) is 19.0 Å². The van der Waals surface area contributed by atoms with Gasteiger partial charge in [0.05, 0.1) is 23.7 Å². The van der Waals surface area contributed by atoms with Crippen LogP contribution in [0.5, 0.6) is 17.2 Å². The SMILES string of the molecule is COc1cccc2c1ncc1c(=O)n(-c3ccc4c(c3)OCO4)c(=O)n(C3CCN(C(=O)OC(C)(C)C)CC3)c12. The van der Waals surface area contributed by atoms with Crippen LogP contribution >= 0.6 is 0 Å². The zero-order chi connectivity index (χ0) is 28.2. The van der Waals surface area contributed by atoms with Crippen molar-refractivity contribution in [2.45, 2.75) is 45.3 Å². The lowest BCUT2D eigenvalue weighted by Crippen LogP contribution is -2.46. The number of para-hydroxylation sites is 1. The van der Waals surface area contributed by atoms with Gasteiger partial charge in [-0.05, 0) is 51.8 Å². The Morgan fingerprint density at radius 3 is 2.50 bits per heavy atom. The van der Waals surface area contributed by atoms with Crippen LogP contribution in [0.2, 0.25) is 0 Å². The highest BCUT2D eigenvalue weighted by Gasteiger charge is 2.31. The van der Waals surface area contributed by atoms with E-state index in [1.807, 2.05) is 32.9 Å². The van der Waals surface area contributed by atoms with Gasteiger partial charge in [-0.25, -0.2) is 14.2 Å². The number of ether oxygens (including phenoxy) is 4. The molecule has 0 saturated carbocycles. The molecule has 2 aromatic heterocycles. The van der Waals surface area contributed by atoms with E-state index in [4.69, 9.17) is 18.9 Å². The molecule has 0 spiro atoms. The average molecular weight is 547 g/mol. The van der Waals surface area contributed by atoms with Crippen LogP contribution in [0.3, 0.4) is 0 Å². The fraction of sp³-hybridized carbons (Fsp3) is 0.379. The Morgan fingerprint density at radius 2 is 1.77 bits per heavy atom. The number of pyridine rings is 1. The number of piperidine rings is 1. The first-order chi connectivity index (χ1) is 19.2. The molecule has 0 radical (unpaired) electrons. The third kappa shape index (κ3) is 4.31. The lowest BCUT2D eigenvalue weighted by atomic mass is 10.0. The predicted molar refractivity (Wildman–Crippen MR) is 148 cm³/mol. The van der Waals surface area contributed by atoms with Gasteiger partial charge in [-0.15, -0.1) is 0 Å². The summed E-state index contributed by atoms with van der Waals surface area (Å²) in [5, 5.41) is 0.936. The maximum Gasteiger partial charge on any atom is 0.410 e. The van der Waals surface area contributed by atoms with Gasteiger partial charge >= 0.3 is 11.8 Å². The standard InChI is InChI=1S/C29H30N4O7/c1-29(2,3)40-28(36)31-12-10-17(11-13-31)32-25-19-6-5-7-22(37-4)24(19)30-15-20(25)26(34)33(27(32)35)18-8-9-21-23(14-18)39-16-38-21/h5-9,14-15,17H,10-13,16H2,1-4H3. The highest BCUT2D eigenvalue weighted by molar-refractivity contribution is 6.05. The van der Waals surface area contributed by atoms with Crippen molar-refractivity contribution in [3.05, 3.63) is 63.4 Å². The van der Waals surface area contributed by atoms with Crippen LogP contribution in [0, 0.1) is 0 Å². The number of nitrogens with zero attached hydrogens (tertiary/aromatic N) is 4. The minimum Gasteiger partial charge on any atom is -0.494 e. The topological polar surface area (TPSA) is 114 Å². The number of aromatic nitrogens is 3. The maximum absolute atomic E-state index is 14.3. The van der Waals surface area contributed by atoms with Crippen molar-refractivity contribution >= 4 is 27.9 Å². The molecular weight excluding hydrogens is 516 g/mol. The van der Waals surface area contributed by atoms with Crippen LogP contribution in [-0.4, -0.2) is 57.7 Å². The fourth-order valence-electron chi connectivity index (χ4n) is 5.40. The third-order valence-corrected chi connectivity index (χ3v) is 7.22. The number of methoxy groups -OCH3 is 1. The fourth-order valence-corrected chi connectivity index (χ4v) is 5.40. The molecule has 4 aromatic rings. The zero-order valence-electron chi connectivity index (χ0n) is 22.8. The lowest BCUT2D eigenvalue weighted by molar-refractivity contribution is 0.0188. The molecule has 1 amide bonds. The molecule has 0 atom stereocenters. The van der Waals surface area contributed by atoms with E-state index >= 15 is 0 Å². The largest absolute Gasteiger partial charge is 0.494 e. The van der Waals surface area contributed by atoms with E-state index in [2.05, 4.69) is 4.98 Å². The number of likely N-dealkylation sites (tertiary alicyclic amines) is 1. The summed E-state index contributed by atoms with van der Waals surface area (Å²) in [6, 6.07) is 10.1. The summed E-state index contributed by atoms with van der Waals surface area (Å²) >= 11 is 0. The van der Waals surface area contributed by atoms with E-state index in [0.717, 1.165) is 4.57 Å². The van der Waals surface area contributed by atoms with E-state index in [-0.39, 0.29) is 18.9 Å². The molecule has 4 heterocycles. The summed E-state index contributed by atoms with van der Waals surface area (Å²) < 4.78 is 24.8. The van der Waals surface area contributed by atoms with E-state index in [0.29, 0.717) is 70.7 Å². The Balaban J connectivity index is 1.53. The predicted octanol–water partition coefficient (Wildman–Crippen LogP) is 4.01. The van der Waals surface area contributed by atoms with Crippen molar-refractivity contribution in [3.63, 3.8) is 0 Å². The van der Waals surface area contributed by atoms with Crippen LogP contribution in [-0.2, 0) is 4.74 Å². The summed E-state index contributed by atoms with van der Waals surface area (Å²) in [6.07, 6.45) is 2.12. The second kappa shape index (κ2) is 9.58. The number of carbonyl (C=O) groups excluding carboxylic acids is 1. The first-order valence-corrected chi connectivity index (χ1v) is 13.2. The number of hydrogen-bond acceptors (Lipinski definition) is 8. The van der Waals surface area contributed by atoms with Gasteiger partial charge in [0, 0.05) is 36.8 Å². The van der Waals surface area contributed by atoms with Crippen molar-refractivity contribution in [2.75, 3.05) is 27.0 Å². The van der Waals surface area contributed by atoms with Gasteiger partial charge in [-0.1, -0.05) is 12.1 Å². The molecule has 11 nitrogen and oxygen atoms in total. The molecule has 1 saturated heterocycles. The van der Waals surface area contributed by atoms with E-state index in [9.17, 15) is 14.4 Å². The minimum absolute atomic E-state index is 0.0730. The van der Waals surface area contributed by atoms with E-state index in [1.54, 1.807) is 40.8 Å². The molecule has 40 heavy (non-hydrogen) atoms. The molecule has 0 N–H and O–H groups in total. The summed E-state index contributed by atoms with van der Waals surface area (Å²) in [6.45, 7) is 6.37. The Morgan fingerprint density at radius 1 is 1.02 bits per heavy atom. The highest BCUT2D eigenvalue weighted by atomic mass is 16.7. The molecule has 2 aromatic carbocycles. The average Bonchev–Trinajstić information content (AvgIpc) is 3.40. The number of hydrogen-bond donors (Lipinski definition) is 0. The van der Waals surface area contributed by atoms with Crippen molar-refractivity contribution in [1.29, 1.82) is 0 Å². The van der Waals surface area contributed by atoms with Crippen molar-refractivity contribution in [2.24, 2.45) is 0 Å². The molecule has 2 aliphatic rings. The Kier molecular flexibility index (Phi) is 6.16. The Bertz CT molecular complexity index is 1760. The van der Waals surface area contributed by atoms with Gasteiger partial charge in [-0.2, -0.15) is 0 Å². The van der Waals surface area contributed by atoms with Crippen LogP contribution in [0.4, 0.5) is 4.79 Å². The number of fused-ring (bicyclic) bond motifs is 4. The van der Waals surface area contributed by atoms with Crippen molar-refractivity contribution in [3.8, 4) is 22.9 Å². The summed E-state index contributed by atoms with van der Waals surface area (Å²) in [4.78, 5) is 47.1. The van der Waals surface area contributed by atoms with Gasteiger partial charge in [0.15, 0.2) is 11.5 Å². The summed E-state index contributed by atoms with van der Waals surface area (Å²) in [5.74, 6) is 1.55. The first kappa shape index (κ1) is 25.7. The normalized spacial score (nSPS) is 15.6. The smallest absolute Gasteiger partial charge is 0.410 e. The van der Waals surface area contributed by atoms with Gasteiger partial charge in [0.2, 0.25) is 6.79 Å². The maximum atomic E-state index is 14.3. The third-order valence-electron chi connectivity index (χ3n) is 7.22. The van der Waals surface area contributed by atoms with Crippen LogP contribution in [0.15, 0.2) is 52.2 Å². The Labute approximate surface area is 229 Å². The first-order valence-electron chi connectivity index (χ1n) is 13.2. The minimum atomic E-state index is -0.605. The molecule has 2 aliphatic heterocycles. The van der Waals surface area contributed by atoms with Crippen LogP contribution in [0.1, 0.15) is 39.7 Å². The second-order valence-corrected chi connectivity index (χ2v) is 10.9. The zero-order valence-corrected chi connectivity index (χ0v) is 22.8. The van der Waals surface area contributed by atoms with Gasteiger partial charge in [-0.3, -0.25) is 14.3 Å². The lowest BCUT2D eigenvalue weighted by Gasteiger charge is -2.34. The van der Waals surface area contributed by atoms with Crippen molar-refractivity contribution < 1.29 is 23.7 Å². The Hall–Kier alpha value is -4.54.